The minimum Gasteiger partial charge on any atom is -0.394 e. The van der Waals surface area contributed by atoms with Gasteiger partial charge in [-0.15, -0.1) is 0 Å². The maximum atomic E-state index is 12.3. The molecular weight excluding hydrogens is 1420 g/mol. The Morgan fingerprint density at radius 1 is 0.453 bits per heavy atom. The van der Waals surface area contributed by atoms with E-state index in [-0.39, 0.29) is 59.0 Å². The third-order valence-corrected chi connectivity index (χ3v) is 25.8. The number of hydrogen-bond acceptors (Lipinski definition) is 37. The first kappa shape index (κ1) is 83.7. The first-order valence-electron chi connectivity index (χ1n) is 37.3. The molecular formula is C69H114O37. The van der Waals surface area contributed by atoms with Gasteiger partial charge in [-0.25, -0.2) is 0 Å². The summed E-state index contributed by atoms with van der Waals surface area (Å²) in [5.41, 5.74) is 0.666. The van der Waals surface area contributed by atoms with Gasteiger partial charge < -0.3 is 183 Å². The number of allylic oxidation sites excluding steroid dienone is 1. The molecule has 22 N–H and O–H groups in total. The Morgan fingerprint density at radius 2 is 0.887 bits per heavy atom. The van der Waals surface area contributed by atoms with Crippen molar-refractivity contribution >= 4 is 0 Å². The predicted molar refractivity (Wildman–Crippen MR) is 347 cm³/mol. The van der Waals surface area contributed by atoms with E-state index < -0.39 is 260 Å². The molecule has 0 amide bonds. The smallest absolute Gasteiger partial charge is 0.187 e. The van der Waals surface area contributed by atoms with Gasteiger partial charge in [0.05, 0.1) is 64.1 Å². The number of aliphatic hydroxyl groups excluding tert-OH is 21. The molecule has 0 spiro atoms. The minimum atomic E-state index is -2.12. The van der Waals surface area contributed by atoms with Gasteiger partial charge in [0.25, 0.3) is 0 Å². The van der Waals surface area contributed by atoms with E-state index >= 15 is 0 Å². The maximum Gasteiger partial charge on any atom is 0.187 e. The van der Waals surface area contributed by atoms with E-state index in [0.717, 1.165) is 31.3 Å². The highest BCUT2D eigenvalue weighted by atomic mass is 16.8. The van der Waals surface area contributed by atoms with Crippen LogP contribution in [0.25, 0.3) is 0 Å². The molecule has 0 aromatic carbocycles. The Balaban J connectivity index is 0.698. The van der Waals surface area contributed by atoms with Crippen molar-refractivity contribution in [3.8, 4) is 0 Å². The molecule has 37 heteroatoms. The number of rotatable bonds is 23. The molecule has 0 aromatic rings. The molecule has 0 aromatic heterocycles. The molecule has 106 heavy (non-hydrogen) atoms. The summed E-state index contributed by atoms with van der Waals surface area (Å²) in [6.07, 6.45) is -53.0. The lowest BCUT2D eigenvalue weighted by molar-refractivity contribution is -0.398. The molecule has 12 aliphatic rings. The Labute approximate surface area is 611 Å². The zero-order chi connectivity index (χ0) is 76.8. The summed E-state index contributed by atoms with van der Waals surface area (Å²) >= 11 is 0. The predicted octanol–water partition coefficient (Wildman–Crippen LogP) is -8.51. The quantitative estimate of drug-likeness (QED) is 0.0423. The lowest BCUT2D eigenvalue weighted by Crippen LogP contribution is -2.67. The Hall–Kier alpha value is -1.74. The summed E-state index contributed by atoms with van der Waals surface area (Å²) in [4.78, 5) is 0. The van der Waals surface area contributed by atoms with Crippen LogP contribution in [-0.4, -0.2) is 385 Å². The molecule has 612 valence electrons. The van der Waals surface area contributed by atoms with E-state index in [2.05, 4.69) is 26.8 Å². The van der Waals surface area contributed by atoms with Gasteiger partial charge in [-0.05, 0) is 106 Å². The van der Waals surface area contributed by atoms with Gasteiger partial charge in [-0.3, -0.25) is 0 Å². The molecule has 8 aliphatic heterocycles. The summed E-state index contributed by atoms with van der Waals surface area (Å²) in [5, 5.41) is 239. The summed E-state index contributed by atoms with van der Waals surface area (Å²) < 4.78 is 90.3. The topological polar surface area (TPSA) is 584 Å². The van der Waals surface area contributed by atoms with Gasteiger partial charge in [0.15, 0.2) is 49.8 Å². The van der Waals surface area contributed by atoms with Crippen LogP contribution in [0.15, 0.2) is 11.6 Å². The Bertz CT molecular complexity index is 2870. The van der Waals surface area contributed by atoms with Crippen LogP contribution in [0.2, 0.25) is 0 Å². The van der Waals surface area contributed by atoms with Crippen molar-refractivity contribution in [2.24, 2.45) is 46.3 Å². The second-order valence-corrected chi connectivity index (χ2v) is 32.3. The van der Waals surface area contributed by atoms with Gasteiger partial charge in [-0.1, -0.05) is 39.3 Å². The highest BCUT2D eigenvalue weighted by Gasteiger charge is 2.69. The van der Waals surface area contributed by atoms with E-state index in [9.17, 15) is 112 Å². The van der Waals surface area contributed by atoms with E-state index in [1.807, 2.05) is 6.92 Å². The van der Waals surface area contributed by atoms with Crippen molar-refractivity contribution in [2.75, 3.05) is 39.6 Å². The molecule has 8 heterocycles. The Morgan fingerprint density at radius 3 is 1.43 bits per heavy atom. The highest BCUT2D eigenvalue weighted by Crippen LogP contribution is 2.70. The number of ether oxygens (including phenoxy) is 15. The molecule has 3 saturated carbocycles. The SMILES string of the molecule is CC(CC[C@@]1(O)OC2CC3C4CC=C5C[C@@H](O[C@@H]6O[C@H](CO)[C@@H](O)[C@H](O[C@@H]7O[C@H](CO)[C@@H](O)[C@H](O)[C@H]7O)[C@H]6O[C@H]6O[C@H](CO[C@@H]7O[C@H](C)[C@@H](O[C@H]8O[C@H](C)[C@@H](O[C@@H]9O[C@H](CO)[C@@H](O)[C@H](O)[C@H]9O)[C@H](O)[C@@H]8O)[C@H](O)[C@@H]7O)[C@@H](O)[C@H](O)[C@H]6O)CC[C@]5(C)C4CC[C@]3(C)C2C1C)CO[C@@H]1O[C@H](CO)[C@@H](O)[C@H](O)[C@H]1O. The van der Waals surface area contributed by atoms with Gasteiger partial charge >= 0.3 is 0 Å². The van der Waals surface area contributed by atoms with Crippen LogP contribution >= 0.6 is 0 Å². The van der Waals surface area contributed by atoms with Crippen molar-refractivity contribution in [3.05, 3.63) is 11.6 Å². The summed E-state index contributed by atoms with van der Waals surface area (Å²) in [6, 6.07) is 0. The molecule has 0 radical (unpaired) electrons. The van der Waals surface area contributed by atoms with Crippen LogP contribution in [0.4, 0.5) is 0 Å². The second kappa shape index (κ2) is 33.6. The van der Waals surface area contributed by atoms with Crippen LogP contribution in [0.5, 0.6) is 0 Å². The second-order valence-electron chi connectivity index (χ2n) is 32.3. The van der Waals surface area contributed by atoms with Crippen LogP contribution in [0.1, 0.15) is 99.3 Å². The lowest BCUT2D eigenvalue weighted by Gasteiger charge is -2.58. The van der Waals surface area contributed by atoms with Gasteiger partial charge in [-0.2, -0.15) is 0 Å². The zero-order valence-electron chi connectivity index (χ0n) is 60.0. The normalized spacial score (nSPS) is 55.1. The molecule has 8 saturated heterocycles. The summed E-state index contributed by atoms with van der Waals surface area (Å²) in [7, 11) is 0. The van der Waals surface area contributed by atoms with Gasteiger partial charge in [0.2, 0.25) is 0 Å². The van der Waals surface area contributed by atoms with E-state index in [1.54, 1.807) is 0 Å². The largest absolute Gasteiger partial charge is 0.394 e. The fraction of sp³-hybridized carbons (Fsp3) is 0.971. The Kier molecular flexibility index (Phi) is 26.5. The third-order valence-electron chi connectivity index (χ3n) is 25.8. The highest BCUT2D eigenvalue weighted by molar-refractivity contribution is 5.27. The summed E-state index contributed by atoms with van der Waals surface area (Å²) in [6.45, 7) is 7.60. The monoisotopic (exact) mass is 1530 g/mol. The summed E-state index contributed by atoms with van der Waals surface area (Å²) in [5.74, 6) is -0.925. The van der Waals surface area contributed by atoms with Crippen molar-refractivity contribution in [2.45, 2.75) is 332 Å². The first-order chi connectivity index (χ1) is 50.1. The molecule has 4 aliphatic carbocycles. The van der Waals surface area contributed by atoms with E-state index in [0.29, 0.717) is 32.1 Å². The van der Waals surface area contributed by atoms with Crippen LogP contribution in [0.3, 0.4) is 0 Å². The molecule has 37 nitrogen and oxygen atoms in total. The van der Waals surface area contributed by atoms with Crippen molar-refractivity contribution in [3.63, 3.8) is 0 Å². The maximum absolute atomic E-state index is 12.3. The van der Waals surface area contributed by atoms with Crippen molar-refractivity contribution in [1.82, 2.24) is 0 Å². The number of aliphatic hydroxyl groups is 22. The molecule has 7 unspecified atom stereocenters. The fourth-order valence-electron chi connectivity index (χ4n) is 19.3. The van der Waals surface area contributed by atoms with Crippen LogP contribution in [0, 0.1) is 46.3 Å². The van der Waals surface area contributed by atoms with E-state index in [1.165, 1.54) is 13.8 Å². The average Bonchev–Trinajstić information content (AvgIpc) is 1.52. The lowest BCUT2D eigenvalue weighted by atomic mass is 9.47. The van der Waals surface area contributed by atoms with Gasteiger partial charge in [0.1, 0.15) is 159 Å². The van der Waals surface area contributed by atoms with Crippen LogP contribution < -0.4 is 0 Å². The van der Waals surface area contributed by atoms with Crippen LogP contribution in [-0.2, 0) is 71.1 Å². The zero-order valence-corrected chi connectivity index (χ0v) is 60.0. The van der Waals surface area contributed by atoms with E-state index in [4.69, 9.17) is 71.1 Å². The average molecular weight is 1540 g/mol. The molecule has 12 rings (SSSR count). The molecule has 46 atom stereocenters. The minimum absolute atomic E-state index is 0.0605. The fourth-order valence-corrected chi connectivity index (χ4v) is 19.3. The number of fused-ring (bicyclic) bond motifs is 7. The molecule has 0 bridgehead atoms. The third kappa shape index (κ3) is 15.7. The standard InChI is InChI=1S/C69H114O37/c1-23(21-92-61-50(85)44(79)39(74)33(17-70)97-61)9-14-69(91)24(2)38-32(106-69)16-31-29-8-7-27-15-28(10-12-67(27,5)30(29)11-13-68(31,38)6)96-66-59(58(43(78)36(20-73)100-66)104-64-52(87)46(81)41(76)35(19-72)99-64)105-65-53(88)47(82)42(77)37(101-65)22-93-60-54(89)48(83)56(25(3)94-60)102-62-55(90)49(84)57(26(4)95-62)103-63-51(86)45(80)40(75)34(18-71)98-63/h7,23-26,28-66,70-91H,8-22H2,1-6H3/t23?,24?,25-,26-,28+,29?,30?,31?,32?,33-,34-,35-,36-,37-,38?,39-,40-,41-,42-,43-,44+,45+,46+,47+,48-,49-,50-,51-,52-,53-,54+,55+,56-,57-,58+,59-,60-,61-,62-,63+,64+,65-,66-,67+,68+,69-/m1/s1. The van der Waals surface area contributed by atoms with Gasteiger partial charge in [0, 0.05) is 12.3 Å². The van der Waals surface area contributed by atoms with Crippen molar-refractivity contribution < 1.29 is 183 Å². The number of hydrogen-bond donors (Lipinski definition) is 22. The molecule has 11 fully saturated rings. The van der Waals surface area contributed by atoms with Crippen molar-refractivity contribution in [1.29, 1.82) is 0 Å². The first-order valence-corrected chi connectivity index (χ1v) is 37.3.